The number of hydrogen-bond donors (Lipinski definition) is 1. The van der Waals surface area contributed by atoms with Crippen molar-refractivity contribution in [2.24, 2.45) is 5.92 Å². The van der Waals surface area contributed by atoms with Crippen molar-refractivity contribution in [1.82, 2.24) is 15.1 Å². The smallest absolute Gasteiger partial charge is 0.157 e. The van der Waals surface area contributed by atoms with Crippen molar-refractivity contribution >= 4 is 0 Å². The standard InChI is InChI=1S/C10H17N3O/c1-2-14-10-6-12-13(8-10)7-9-3-4-11-5-9/h6,8-9,11H,2-5,7H2,1H3. The molecule has 0 radical (unpaired) electrons. The minimum atomic E-state index is 0.705. The van der Waals surface area contributed by atoms with E-state index in [9.17, 15) is 0 Å². The van der Waals surface area contributed by atoms with Crippen molar-refractivity contribution < 1.29 is 4.74 Å². The van der Waals surface area contributed by atoms with E-state index >= 15 is 0 Å². The van der Waals surface area contributed by atoms with E-state index in [4.69, 9.17) is 4.74 Å². The molecular weight excluding hydrogens is 178 g/mol. The fourth-order valence-electron chi connectivity index (χ4n) is 1.82. The van der Waals surface area contributed by atoms with Gasteiger partial charge in [-0.15, -0.1) is 0 Å². The van der Waals surface area contributed by atoms with Crippen LogP contribution in [0, 0.1) is 5.92 Å². The summed E-state index contributed by atoms with van der Waals surface area (Å²) in [4.78, 5) is 0. The van der Waals surface area contributed by atoms with Crippen molar-refractivity contribution in [3.05, 3.63) is 12.4 Å². The van der Waals surface area contributed by atoms with E-state index in [2.05, 4.69) is 10.4 Å². The average Bonchev–Trinajstić information content (AvgIpc) is 2.79. The highest BCUT2D eigenvalue weighted by Gasteiger charge is 2.15. The van der Waals surface area contributed by atoms with Crippen molar-refractivity contribution in [3.63, 3.8) is 0 Å². The van der Waals surface area contributed by atoms with Crippen LogP contribution in [-0.2, 0) is 6.54 Å². The van der Waals surface area contributed by atoms with Crippen LogP contribution >= 0.6 is 0 Å². The van der Waals surface area contributed by atoms with Gasteiger partial charge in [-0.3, -0.25) is 4.68 Å². The molecule has 0 amide bonds. The van der Waals surface area contributed by atoms with Gasteiger partial charge in [0.05, 0.1) is 19.0 Å². The lowest BCUT2D eigenvalue weighted by molar-refractivity contribution is 0.339. The first-order valence-corrected chi connectivity index (χ1v) is 5.24. The van der Waals surface area contributed by atoms with Gasteiger partial charge < -0.3 is 10.1 Å². The van der Waals surface area contributed by atoms with Crippen LogP contribution in [0.15, 0.2) is 12.4 Å². The molecule has 2 heterocycles. The van der Waals surface area contributed by atoms with Crippen molar-refractivity contribution in [1.29, 1.82) is 0 Å². The van der Waals surface area contributed by atoms with E-state index in [1.54, 1.807) is 6.20 Å². The fraction of sp³-hybridized carbons (Fsp3) is 0.700. The Morgan fingerprint density at radius 3 is 3.36 bits per heavy atom. The van der Waals surface area contributed by atoms with Gasteiger partial charge in [0.1, 0.15) is 0 Å². The first-order chi connectivity index (χ1) is 6.88. The summed E-state index contributed by atoms with van der Waals surface area (Å²) in [5.41, 5.74) is 0. The number of hydrogen-bond acceptors (Lipinski definition) is 3. The summed E-state index contributed by atoms with van der Waals surface area (Å²) in [6.07, 6.45) is 5.01. The summed E-state index contributed by atoms with van der Waals surface area (Å²) in [5.74, 6) is 1.60. The highest BCUT2D eigenvalue weighted by molar-refractivity contribution is 5.11. The SMILES string of the molecule is CCOc1cnn(CC2CCNC2)c1. The Bertz CT molecular complexity index is 279. The van der Waals surface area contributed by atoms with Crippen LogP contribution < -0.4 is 10.1 Å². The maximum absolute atomic E-state index is 5.35. The largest absolute Gasteiger partial charge is 0.491 e. The van der Waals surface area contributed by atoms with Crippen molar-refractivity contribution in [2.75, 3.05) is 19.7 Å². The predicted octanol–water partition coefficient (Wildman–Crippen LogP) is 0.891. The van der Waals surface area contributed by atoms with Gasteiger partial charge in [0.25, 0.3) is 0 Å². The molecule has 1 aromatic rings. The molecule has 1 aromatic heterocycles. The summed E-state index contributed by atoms with van der Waals surface area (Å²) in [7, 11) is 0. The second-order valence-electron chi connectivity index (χ2n) is 3.69. The van der Waals surface area contributed by atoms with Gasteiger partial charge in [-0.25, -0.2) is 0 Å². The molecule has 0 bridgehead atoms. The Morgan fingerprint density at radius 2 is 2.64 bits per heavy atom. The molecule has 1 saturated heterocycles. The van der Waals surface area contributed by atoms with Crippen LogP contribution in [0.1, 0.15) is 13.3 Å². The van der Waals surface area contributed by atoms with Gasteiger partial charge in [-0.05, 0) is 32.4 Å². The number of ether oxygens (including phenoxy) is 1. The Morgan fingerprint density at radius 1 is 1.71 bits per heavy atom. The van der Waals surface area contributed by atoms with Crippen molar-refractivity contribution in [3.8, 4) is 5.75 Å². The molecule has 0 spiro atoms. The van der Waals surface area contributed by atoms with Gasteiger partial charge in [0, 0.05) is 6.54 Å². The maximum atomic E-state index is 5.35. The molecule has 2 rings (SSSR count). The summed E-state index contributed by atoms with van der Waals surface area (Å²) in [6.45, 7) is 5.95. The number of nitrogens with zero attached hydrogens (tertiary/aromatic N) is 2. The molecule has 0 aliphatic carbocycles. The lowest BCUT2D eigenvalue weighted by Gasteiger charge is -2.07. The first kappa shape index (κ1) is 9.52. The molecule has 0 saturated carbocycles. The van der Waals surface area contributed by atoms with Gasteiger partial charge in [-0.1, -0.05) is 0 Å². The zero-order valence-electron chi connectivity index (χ0n) is 8.57. The Labute approximate surface area is 84.3 Å². The van der Waals surface area contributed by atoms with Gasteiger partial charge in [0.15, 0.2) is 5.75 Å². The molecule has 1 atom stereocenters. The average molecular weight is 195 g/mol. The van der Waals surface area contributed by atoms with E-state index in [0.717, 1.165) is 31.3 Å². The number of rotatable bonds is 4. The van der Waals surface area contributed by atoms with Crippen LogP contribution in [0.4, 0.5) is 0 Å². The van der Waals surface area contributed by atoms with Crippen LogP contribution in [0.25, 0.3) is 0 Å². The summed E-state index contributed by atoms with van der Waals surface area (Å²) in [6, 6.07) is 0. The van der Waals surface area contributed by atoms with Crippen LogP contribution in [0.2, 0.25) is 0 Å². The normalized spacial score (nSPS) is 21.4. The van der Waals surface area contributed by atoms with Crippen LogP contribution in [-0.4, -0.2) is 29.5 Å². The molecule has 4 heteroatoms. The molecule has 14 heavy (non-hydrogen) atoms. The summed E-state index contributed by atoms with van der Waals surface area (Å²) in [5, 5.41) is 7.61. The highest BCUT2D eigenvalue weighted by atomic mass is 16.5. The van der Waals surface area contributed by atoms with Gasteiger partial charge >= 0.3 is 0 Å². The molecule has 78 valence electrons. The zero-order valence-corrected chi connectivity index (χ0v) is 8.57. The van der Waals surface area contributed by atoms with E-state index in [-0.39, 0.29) is 0 Å². The zero-order chi connectivity index (χ0) is 9.80. The number of aromatic nitrogens is 2. The third-order valence-corrected chi connectivity index (χ3v) is 2.53. The molecule has 1 N–H and O–H groups in total. The topological polar surface area (TPSA) is 39.1 Å². The number of nitrogens with one attached hydrogen (secondary N) is 1. The lowest BCUT2D eigenvalue weighted by atomic mass is 10.1. The summed E-state index contributed by atoms with van der Waals surface area (Å²) >= 11 is 0. The van der Waals surface area contributed by atoms with Gasteiger partial charge in [-0.2, -0.15) is 5.10 Å². The molecular formula is C10H17N3O. The molecule has 0 aromatic carbocycles. The molecule has 1 aliphatic rings. The first-order valence-electron chi connectivity index (χ1n) is 5.24. The molecule has 1 aliphatic heterocycles. The predicted molar refractivity (Wildman–Crippen MR) is 54.4 cm³/mol. The van der Waals surface area contributed by atoms with Crippen LogP contribution in [0.3, 0.4) is 0 Å². The summed E-state index contributed by atoms with van der Waals surface area (Å²) < 4.78 is 7.33. The van der Waals surface area contributed by atoms with E-state index in [1.165, 1.54) is 6.42 Å². The molecule has 1 fully saturated rings. The minimum Gasteiger partial charge on any atom is -0.491 e. The molecule has 4 nitrogen and oxygen atoms in total. The molecule has 1 unspecified atom stereocenters. The minimum absolute atomic E-state index is 0.705. The Balaban J connectivity index is 1.88. The monoisotopic (exact) mass is 195 g/mol. The second kappa shape index (κ2) is 4.46. The third-order valence-electron chi connectivity index (χ3n) is 2.53. The van der Waals surface area contributed by atoms with E-state index in [1.807, 2.05) is 17.8 Å². The lowest BCUT2D eigenvalue weighted by Crippen LogP contribution is -2.14. The highest BCUT2D eigenvalue weighted by Crippen LogP contribution is 2.13. The third kappa shape index (κ3) is 2.26. The second-order valence-corrected chi connectivity index (χ2v) is 3.69. The van der Waals surface area contributed by atoms with E-state index in [0.29, 0.717) is 6.61 Å². The van der Waals surface area contributed by atoms with Crippen LogP contribution in [0.5, 0.6) is 5.75 Å². The fourth-order valence-corrected chi connectivity index (χ4v) is 1.82. The van der Waals surface area contributed by atoms with E-state index < -0.39 is 0 Å². The van der Waals surface area contributed by atoms with Crippen molar-refractivity contribution in [2.45, 2.75) is 19.9 Å². The Kier molecular flexibility index (Phi) is 3.03. The maximum Gasteiger partial charge on any atom is 0.157 e. The Hall–Kier alpha value is -1.03. The quantitative estimate of drug-likeness (QED) is 0.775. The van der Waals surface area contributed by atoms with Gasteiger partial charge in [0.2, 0.25) is 0 Å².